The number of hydrogen-bond donors (Lipinski definition) is 1. The van der Waals surface area contributed by atoms with E-state index in [2.05, 4.69) is 27.1 Å². The lowest BCUT2D eigenvalue weighted by atomic mass is 9.99. The molecule has 7 heteroatoms. The van der Waals surface area contributed by atoms with E-state index >= 15 is 0 Å². The fourth-order valence-corrected chi connectivity index (χ4v) is 4.76. The highest BCUT2D eigenvalue weighted by atomic mass is 32.1. The first-order chi connectivity index (χ1) is 14.1. The Morgan fingerprint density at radius 3 is 2.66 bits per heavy atom. The third-order valence-electron chi connectivity index (χ3n) is 5.42. The quantitative estimate of drug-likeness (QED) is 0.649. The maximum Gasteiger partial charge on any atom is 0.266 e. The molecule has 0 unspecified atom stereocenters. The molecule has 1 aliphatic rings. The Morgan fingerprint density at radius 1 is 1.24 bits per heavy atom. The van der Waals surface area contributed by atoms with Gasteiger partial charge in [0, 0.05) is 18.8 Å². The van der Waals surface area contributed by atoms with Gasteiger partial charge in [-0.05, 0) is 62.4 Å². The molecule has 1 aromatic carbocycles. The fraction of sp³-hybridized carbons (Fsp3) is 0.409. The fourth-order valence-electron chi connectivity index (χ4n) is 3.72. The third kappa shape index (κ3) is 4.05. The van der Waals surface area contributed by atoms with Gasteiger partial charge in [-0.25, -0.2) is 9.97 Å². The molecule has 3 aromatic rings. The first-order valence-corrected chi connectivity index (χ1v) is 10.9. The molecule has 1 N–H and O–H groups in total. The molecule has 152 valence electrons. The molecular weight excluding hydrogens is 384 g/mol. The standard InChI is InChI=1S/C22H26N4O2S/c1-4-28-17-7-5-16(6-8-17)25-21(27)19-15(3)18-20(23-13-24-22(18)29-19)26-11-9-14(2)10-12-26/h5-8,13-14H,4,9-12H2,1-3H3,(H,25,27). The largest absolute Gasteiger partial charge is 0.494 e. The van der Waals surface area contributed by atoms with Gasteiger partial charge in [-0.15, -0.1) is 11.3 Å². The average molecular weight is 411 g/mol. The van der Waals surface area contributed by atoms with Crippen LogP contribution in [0.15, 0.2) is 30.6 Å². The molecule has 0 aliphatic carbocycles. The van der Waals surface area contributed by atoms with Gasteiger partial charge in [0.2, 0.25) is 0 Å². The number of anilines is 2. The van der Waals surface area contributed by atoms with Crippen LogP contribution in [-0.2, 0) is 0 Å². The van der Waals surface area contributed by atoms with E-state index < -0.39 is 0 Å². The highest BCUT2D eigenvalue weighted by Crippen LogP contribution is 2.36. The van der Waals surface area contributed by atoms with Crippen molar-refractivity contribution in [1.29, 1.82) is 0 Å². The van der Waals surface area contributed by atoms with Crippen LogP contribution in [-0.4, -0.2) is 35.6 Å². The number of amides is 1. The Bertz CT molecular complexity index is 1010. The number of piperidine rings is 1. The summed E-state index contributed by atoms with van der Waals surface area (Å²) >= 11 is 1.43. The Kier molecular flexibility index (Phi) is 5.67. The zero-order valence-corrected chi connectivity index (χ0v) is 17.9. The van der Waals surface area contributed by atoms with Crippen LogP contribution < -0.4 is 15.0 Å². The van der Waals surface area contributed by atoms with Gasteiger partial charge in [-0.2, -0.15) is 0 Å². The number of fused-ring (bicyclic) bond motifs is 1. The molecule has 1 amide bonds. The molecule has 0 spiro atoms. The number of aryl methyl sites for hydroxylation is 1. The van der Waals surface area contributed by atoms with Crippen LogP contribution in [0.3, 0.4) is 0 Å². The summed E-state index contributed by atoms with van der Waals surface area (Å²) in [4.78, 5) is 25.8. The molecule has 1 saturated heterocycles. The molecule has 1 aliphatic heterocycles. The van der Waals surface area contributed by atoms with Crippen LogP contribution >= 0.6 is 11.3 Å². The van der Waals surface area contributed by atoms with Gasteiger partial charge in [0.15, 0.2) is 0 Å². The summed E-state index contributed by atoms with van der Waals surface area (Å²) in [5.74, 6) is 2.38. The Hall–Kier alpha value is -2.67. The molecule has 0 bridgehead atoms. The number of carbonyl (C=O) groups excluding carboxylic acids is 1. The Labute approximate surface area is 174 Å². The van der Waals surface area contributed by atoms with Crippen molar-refractivity contribution < 1.29 is 9.53 Å². The summed E-state index contributed by atoms with van der Waals surface area (Å²) < 4.78 is 5.46. The lowest BCUT2D eigenvalue weighted by Gasteiger charge is -2.31. The van der Waals surface area contributed by atoms with E-state index in [4.69, 9.17) is 4.74 Å². The van der Waals surface area contributed by atoms with Crippen LogP contribution in [0.4, 0.5) is 11.5 Å². The predicted molar refractivity (Wildman–Crippen MR) is 118 cm³/mol. The second kappa shape index (κ2) is 8.37. The molecule has 0 saturated carbocycles. The predicted octanol–water partition coefficient (Wildman–Crippen LogP) is 4.89. The van der Waals surface area contributed by atoms with E-state index in [1.807, 2.05) is 38.1 Å². The highest BCUT2D eigenvalue weighted by molar-refractivity contribution is 7.20. The van der Waals surface area contributed by atoms with Crippen molar-refractivity contribution >= 4 is 39.0 Å². The van der Waals surface area contributed by atoms with Crippen molar-refractivity contribution in [2.45, 2.75) is 33.6 Å². The van der Waals surface area contributed by atoms with Gasteiger partial charge in [0.05, 0.1) is 16.9 Å². The van der Waals surface area contributed by atoms with Crippen LogP contribution in [0, 0.1) is 12.8 Å². The van der Waals surface area contributed by atoms with Crippen LogP contribution in [0.5, 0.6) is 5.75 Å². The van der Waals surface area contributed by atoms with Crippen molar-refractivity contribution in [2.75, 3.05) is 29.9 Å². The van der Waals surface area contributed by atoms with Gasteiger partial charge in [0.1, 0.15) is 22.7 Å². The average Bonchev–Trinajstić information content (AvgIpc) is 3.07. The molecular formula is C22H26N4O2S. The number of ether oxygens (including phenoxy) is 1. The number of rotatable bonds is 5. The molecule has 4 rings (SSSR count). The second-order valence-electron chi connectivity index (χ2n) is 7.51. The molecule has 6 nitrogen and oxygen atoms in total. The Morgan fingerprint density at radius 2 is 1.97 bits per heavy atom. The van der Waals surface area contributed by atoms with Gasteiger partial charge in [-0.1, -0.05) is 6.92 Å². The number of carbonyl (C=O) groups is 1. The van der Waals surface area contributed by atoms with E-state index in [9.17, 15) is 4.79 Å². The zero-order chi connectivity index (χ0) is 20.4. The summed E-state index contributed by atoms with van der Waals surface area (Å²) in [7, 11) is 0. The summed E-state index contributed by atoms with van der Waals surface area (Å²) in [5.41, 5.74) is 1.69. The first kappa shape index (κ1) is 19.6. The van der Waals surface area contributed by atoms with E-state index in [0.29, 0.717) is 11.5 Å². The van der Waals surface area contributed by atoms with Crippen molar-refractivity contribution in [1.82, 2.24) is 9.97 Å². The molecule has 0 atom stereocenters. The van der Waals surface area contributed by atoms with Gasteiger partial charge >= 0.3 is 0 Å². The molecule has 1 fully saturated rings. The van der Waals surface area contributed by atoms with Gasteiger partial charge in [-0.3, -0.25) is 4.79 Å². The minimum atomic E-state index is -0.118. The van der Waals surface area contributed by atoms with Crippen LogP contribution in [0.1, 0.15) is 41.9 Å². The third-order valence-corrected chi connectivity index (χ3v) is 6.62. The number of thiophene rings is 1. The monoisotopic (exact) mass is 410 g/mol. The zero-order valence-electron chi connectivity index (χ0n) is 17.1. The van der Waals surface area contributed by atoms with E-state index in [-0.39, 0.29) is 5.91 Å². The first-order valence-electron chi connectivity index (χ1n) is 10.1. The van der Waals surface area contributed by atoms with Gasteiger partial charge in [0.25, 0.3) is 5.91 Å². The second-order valence-corrected chi connectivity index (χ2v) is 8.51. The number of aromatic nitrogens is 2. The highest BCUT2D eigenvalue weighted by Gasteiger charge is 2.24. The van der Waals surface area contributed by atoms with Crippen LogP contribution in [0.2, 0.25) is 0 Å². The lowest BCUT2D eigenvalue weighted by molar-refractivity contribution is 0.103. The topological polar surface area (TPSA) is 67.3 Å². The maximum absolute atomic E-state index is 13.0. The van der Waals surface area contributed by atoms with Crippen molar-refractivity contribution in [3.05, 3.63) is 41.0 Å². The van der Waals surface area contributed by atoms with E-state index in [1.165, 1.54) is 24.2 Å². The number of nitrogens with zero attached hydrogens (tertiary/aromatic N) is 3. The maximum atomic E-state index is 13.0. The number of nitrogens with one attached hydrogen (secondary N) is 1. The number of hydrogen-bond acceptors (Lipinski definition) is 6. The minimum Gasteiger partial charge on any atom is -0.494 e. The molecule has 29 heavy (non-hydrogen) atoms. The SMILES string of the molecule is CCOc1ccc(NC(=O)c2sc3ncnc(N4CCC(C)CC4)c3c2C)cc1. The van der Waals surface area contributed by atoms with E-state index in [0.717, 1.165) is 52.0 Å². The van der Waals surface area contributed by atoms with Gasteiger partial charge < -0.3 is 15.0 Å². The smallest absolute Gasteiger partial charge is 0.266 e. The van der Waals surface area contributed by atoms with Crippen LogP contribution in [0.25, 0.3) is 10.2 Å². The van der Waals surface area contributed by atoms with Crippen molar-refractivity contribution in [2.24, 2.45) is 5.92 Å². The summed E-state index contributed by atoms with van der Waals surface area (Å²) in [6.45, 7) is 8.84. The normalized spacial score (nSPS) is 14.9. The Balaban J connectivity index is 1.60. The molecule has 3 heterocycles. The molecule has 2 aromatic heterocycles. The lowest BCUT2D eigenvalue weighted by Crippen LogP contribution is -2.33. The van der Waals surface area contributed by atoms with E-state index in [1.54, 1.807) is 6.33 Å². The molecule has 0 radical (unpaired) electrons. The summed E-state index contributed by atoms with van der Waals surface area (Å²) in [6, 6.07) is 7.42. The van der Waals surface area contributed by atoms with Crippen molar-refractivity contribution in [3.63, 3.8) is 0 Å². The number of benzene rings is 1. The van der Waals surface area contributed by atoms with Crippen molar-refractivity contribution in [3.8, 4) is 5.75 Å². The minimum absolute atomic E-state index is 0.118. The summed E-state index contributed by atoms with van der Waals surface area (Å²) in [5, 5.41) is 3.99. The summed E-state index contributed by atoms with van der Waals surface area (Å²) in [6.07, 6.45) is 3.94.